The summed E-state index contributed by atoms with van der Waals surface area (Å²) < 4.78 is 57.5. The maximum Gasteiger partial charge on any atom is 0.426 e. The normalized spacial score (nSPS) is 14.4. The van der Waals surface area contributed by atoms with Gasteiger partial charge in [-0.3, -0.25) is 0 Å². The summed E-state index contributed by atoms with van der Waals surface area (Å²) in [5, 5.41) is 2.10. The molecule has 2 heterocycles. The van der Waals surface area contributed by atoms with Crippen molar-refractivity contribution >= 4 is 43.1 Å². The minimum absolute atomic E-state index is 0.0292. The lowest BCUT2D eigenvalue weighted by atomic mass is 9.88. The molecule has 1 unspecified atom stereocenters. The lowest BCUT2D eigenvalue weighted by Gasteiger charge is -2.26. The van der Waals surface area contributed by atoms with E-state index in [4.69, 9.17) is 0 Å². The maximum atomic E-state index is 15.3. The first-order chi connectivity index (χ1) is 14.3. The van der Waals surface area contributed by atoms with Crippen molar-refractivity contribution in [2.45, 2.75) is 18.8 Å². The highest BCUT2D eigenvalue weighted by Crippen LogP contribution is 2.48. The SMILES string of the molecule is CC(F)(c1c2ccccc2cc2c(-c3cc4ccccc4s3)ncnc12)C(F)(F)F. The van der Waals surface area contributed by atoms with E-state index in [0.29, 0.717) is 23.4 Å². The van der Waals surface area contributed by atoms with E-state index in [-0.39, 0.29) is 10.9 Å². The van der Waals surface area contributed by atoms with Gasteiger partial charge in [-0.15, -0.1) is 11.3 Å². The number of hydrogen-bond acceptors (Lipinski definition) is 3. The predicted molar refractivity (Wildman–Crippen MR) is 112 cm³/mol. The van der Waals surface area contributed by atoms with Gasteiger partial charge in [0.05, 0.1) is 16.1 Å². The highest BCUT2D eigenvalue weighted by atomic mass is 32.1. The van der Waals surface area contributed by atoms with E-state index in [1.165, 1.54) is 23.7 Å². The summed E-state index contributed by atoms with van der Waals surface area (Å²) in [6.45, 7) is 0.551. The van der Waals surface area contributed by atoms with Crippen molar-refractivity contribution in [1.29, 1.82) is 0 Å². The molecule has 0 saturated carbocycles. The molecule has 0 N–H and O–H groups in total. The van der Waals surface area contributed by atoms with Crippen LogP contribution in [0.2, 0.25) is 0 Å². The Morgan fingerprint density at radius 3 is 2.23 bits per heavy atom. The van der Waals surface area contributed by atoms with Crippen LogP contribution in [0, 0.1) is 0 Å². The highest BCUT2D eigenvalue weighted by Gasteiger charge is 2.55. The Hall–Kier alpha value is -3.06. The van der Waals surface area contributed by atoms with Gasteiger partial charge in [0.1, 0.15) is 6.33 Å². The van der Waals surface area contributed by atoms with Crippen molar-refractivity contribution in [2.75, 3.05) is 0 Å². The molecule has 5 rings (SSSR count). The Balaban J connectivity index is 1.91. The van der Waals surface area contributed by atoms with E-state index in [1.807, 2.05) is 30.3 Å². The van der Waals surface area contributed by atoms with E-state index < -0.39 is 17.4 Å². The molecule has 0 aliphatic rings. The van der Waals surface area contributed by atoms with Gasteiger partial charge in [-0.1, -0.05) is 42.5 Å². The molecule has 150 valence electrons. The molecular weight excluding hydrogens is 412 g/mol. The lowest BCUT2D eigenvalue weighted by molar-refractivity contribution is -0.227. The number of halogens is 4. The summed E-state index contributed by atoms with van der Waals surface area (Å²) in [6.07, 6.45) is -3.89. The average Bonchev–Trinajstić information content (AvgIpc) is 3.14. The number of rotatable bonds is 2. The standard InChI is InChI=1S/C23H14F4N2S/c1-22(24,23(25,26)27)19-15-8-4-2-6-13(15)10-16-20(28-12-29-21(16)19)18-11-14-7-3-5-9-17(14)30-18/h2-12H,1H3. The van der Waals surface area contributed by atoms with Crippen molar-refractivity contribution < 1.29 is 17.6 Å². The first-order valence-corrected chi connectivity index (χ1v) is 10.0. The molecule has 0 amide bonds. The third kappa shape index (κ3) is 2.76. The zero-order valence-electron chi connectivity index (χ0n) is 15.7. The Kier molecular flexibility index (Phi) is 4.08. The minimum atomic E-state index is -5.09. The maximum absolute atomic E-state index is 15.3. The van der Waals surface area contributed by atoms with E-state index in [9.17, 15) is 13.2 Å². The van der Waals surface area contributed by atoms with E-state index in [0.717, 1.165) is 15.0 Å². The number of thiophene rings is 1. The molecule has 0 aliphatic heterocycles. The second-order valence-electron chi connectivity index (χ2n) is 7.24. The minimum Gasteiger partial charge on any atom is -0.236 e. The summed E-state index contributed by atoms with van der Waals surface area (Å²) >= 11 is 1.48. The molecule has 30 heavy (non-hydrogen) atoms. The molecule has 3 aromatic carbocycles. The van der Waals surface area contributed by atoms with E-state index >= 15 is 4.39 Å². The second-order valence-corrected chi connectivity index (χ2v) is 8.32. The quantitative estimate of drug-likeness (QED) is 0.217. The number of aromatic nitrogens is 2. The number of nitrogens with zero attached hydrogens (tertiary/aromatic N) is 2. The fourth-order valence-electron chi connectivity index (χ4n) is 3.78. The summed E-state index contributed by atoms with van der Waals surface area (Å²) in [7, 11) is 0. The van der Waals surface area contributed by atoms with Crippen molar-refractivity contribution in [3.8, 4) is 10.6 Å². The van der Waals surface area contributed by atoms with Gasteiger partial charge in [0, 0.05) is 15.6 Å². The van der Waals surface area contributed by atoms with Crippen LogP contribution in [0.15, 0.2) is 67.0 Å². The monoisotopic (exact) mass is 426 g/mol. The summed E-state index contributed by atoms with van der Waals surface area (Å²) in [5.41, 5.74) is -3.59. The Bertz CT molecular complexity index is 1390. The molecule has 2 aromatic heterocycles. The molecule has 0 bridgehead atoms. The summed E-state index contributed by atoms with van der Waals surface area (Å²) in [5.74, 6) is 0. The smallest absolute Gasteiger partial charge is 0.236 e. The summed E-state index contributed by atoms with van der Waals surface area (Å²) in [6, 6.07) is 17.9. The molecule has 1 atom stereocenters. The second kappa shape index (κ2) is 6.47. The average molecular weight is 426 g/mol. The molecule has 2 nitrogen and oxygen atoms in total. The van der Waals surface area contributed by atoms with Gasteiger partial charge < -0.3 is 0 Å². The van der Waals surface area contributed by atoms with Crippen LogP contribution in [0.25, 0.3) is 42.3 Å². The first kappa shape index (κ1) is 18.9. The van der Waals surface area contributed by atoms with Gasteiger partial charge in [-0.25, -0.2) is 14.4 Å². The number of alkyl halides is 4. The fourth-order valence-corrected chi connectivity index (χ4v) is 4.85. The molecule has 0 spiro atoms. The van der Waals surface area contributed by atoms with Gasteiger partial charge in [0.25, 0.3) is 0 Å². The van der Waals surface area contributed by atoms with Crippen LogP contribution in [0.1, 0.15) is 12.5 Å². The molecule has 0 aliphatic carbocycles. The Morgan fingerprint density at radius 2 is 1.50 bits per heavy atom. The Labute approximate surface area is 172 Å². The van der Waals surface area contributed by atoms with Crippen LogP contribution in [-0.2, 0) is 5.67 Å². The largest absolute Gasteiger partial charge is 0.426 e. The highest BCUT2D eigenvalue weighted by molar-refractivity contribution is 7.22. The van der Waals surface area contributed by atoms with E-state index in [2.05, 4.69) is 9.97 Å². The van der Waals surface area contributed by atoms with Crippen LogP contribution < -0.4 is 0 Å². The molecule has 0 saturated heterocycles. The van der Waals surface area contributed by atoms with Crippen molar-refractivity contribution in [2.24, 2.45) is 0 Å². The zero-order valence-corrected chi connectivity index (χ0v) is 16.5. The van der Waals surface area contributed by atoms with Crippen LogP contribution in [0.4, 0.5) is 17.6 Å². The van der Waals surface area contributed by atoms with Crippen LogP contribution >= 0.6 is 11.3 Å². The molecule has 0 radical (unpaired) electrons. The molecule has 0 fully saturated rings. The van der Waals surface area contributed by atoms with Gasteiger partial charge >= 0.3 is 6.18 Å². The predicted octanol–water partition coefficient (Wildman–Crippen LogP) is 7.41. The topological polar surface area (TPSA) is 25.8 Å². The molecule has 5 aromatic rings. The van der Waals surface area contributed by atoms with Crippen LogP contribution in [0.5, 0.6) is 0 Å². The molecule has 7 heteroatoms. The first-order valence-electron chi connectivity index (χ1n) is 9.19. The van der Waals surface area contributed by atoms with Gasteiger partial charge in [-0.2, -0.15) is 13.2 Å². The Morgan fingerprint density at radius 1 is 0.800 bits per heavy atom. The fraction of sp³-hybridized carbons (Fsp3) is 0.130. The lowest BCUT2D eigenvalue weighted by Crippen LogP contribution is -2.35. The van der Waals surface area contributed by atoms with Crippen LogP contribution in [-0.4, -0.2) is 16.1 Å². The number of benzene rings is 3. The van der Waals surface area contributed by atoms with Crippen molar-refractivity contribution in [1.82, 2.24) is 9.97 Å². The van der Waals surface area contributed by atoms with E-state index in [1.54, 1.807) is 24.3 Å². The van der Waals surface area contributed by atoms with Gasteiger partial charge in [0.2, 0.25) is 5.67 Å². The molecular formula is C23H14F4N2S. The zero-order chi connectivity index (χ0) is 21.1. The van der Waals surface area contributed by atoms with Crippen molar-refractivity contribution in [3.63, 3.8) is 0 Å². The van der Waals surface area contributed by atoms with Crippen LogP contribution in [0.3, 0.4) is 0 Å². The third-order valence-corrected chi connectivity index (χ3v) is 6.43. The third-order valence-electron chi connectivity index (χ3n) is 5.31. The number of fused-ring (bicyclic) bond motifs is 3. The van der Waals surface area contributed by atoms with Crippen molar-refractivity contribution in [3.05, 3.63) is 72.6 Å². The summed E-state index contributed by atoms with van der Waals surface area (Å²) in [4.78, 5) is 9.25. The van der Waals surface area contributed by atoms with Gasteiger partial charge in [-0.05, 0) is 41.3 Å². The van der Waals surface area contributed by atoms with Gasteiger partial charge in [0.15, 0.2) is 0 Å². The number of hydrogen-bond donors (Lipinski definition) is 0.